The van der Waals surface area contributed by atoms with Gasteiger partial charge in [-0.2, -0.15) is 0 Å². The van der Waals surface area contributed by atoms with Crippen LogP contribution >= 0.6 is 23.7 Å². The number of nitro groups is 1. The SMILES string of the molecule is CCN(CC)CCN(C(=O)c1ccc([N+](=O)[O-])o1)c1nc2c(C)c(C)ccc2s1.Cl. The number of halogens is 1. The molecule has 3 rings (SSSR count). The predicted molar refractivity (Wildman–Crippen MR) is 121 cm³/mol. The molecule has 0 N–H and O–H groups in total. The first-order valence-electron chi connectivity index (χ1n) is 9.50. The Labute approximate surface area is 185 Å². The molecular formula is C20H25ClN4O4S. The molecule has 0 aliphatic rings. The zero-order valence-corrected chi connectivity index (χ0v) is 19.0. The van der Waals surface area contributed by atoms with Crippen LogP contribution in [0, 0.1) is 24.0 Å². The molecule has 1 aromatic carbocycles. The Bertz CT molecular complexity index is 1040. The number of hydrogen-bond donors (Lipinski definition) is 0. The number of carbonyl (C=O) groups excluding carboxylic acids is 1. The summed E-state index contributed by atoms with van der Waals surface area (Å²) in [6.45, 7) is 11.0. The van der Waals surface area contributed by atoms with Crippen LogP contribution in [0.2, 0.25) is 0 Å². The van der Waals surface area contributed by atoms with Crippen LogP contribution in [0.3, 0.4) is 0 Å². The zero-order chi connectivity index (χ0) is 21.1. The van der Waals surface area contributed by atoms with Gasteiger partial charge in [0.2, 0.25) is 0 Å². The van der Waals surface area contributed by atoms with Crippen molar-refractivity contribution in [2.24, 2.45) is 0 Å². The lowest BCUT2D eigenvalue weighted by molar-refractivity contribution is -0.402. The number of likely N-dealkylation sites (N-methyl/N-ethyl adjacent to an activating group) is 1. The van der Waals surface area contributed by atoms with E-state index in [2.05, 4.69) is 18.7 Å². The number of thiazole rings is 1. The quantitative estimate of drug-likeness (QED) is 0.359. The Morgan fingerprint density at radius 2 is 1.87 bits per heavy atom. The third-order valence-electron chi connectivity index (χ3n) is 5.07. The zero-order valence-electron chi connectivity index (χ0n) is 17.4. The second kappa shape index (κ2) is 10.0. The Kier molecular flexibility index (Phi) is 7.94. The van der Waals surface area contributed by atoms with Crippen molar-refractivity contribution in [3.8, 4) is 0 Å². The molecule has 8 nitrogen and oxygen atoms in total. The number of carbonyl (C=O) groups is 1. The maximum Gasteiger partial charge on any atom is 0.433 e. The van der Waals surface area contributed by atoms with E-state index >= 15 is 0 Å². The molecule has 162 valence electrons. The van der Waals surface area contributed by atoms with E-state index in [0.29, 0.717) is 18.2 Å². The van der Waals surface area contributed by atoms with Gasteiger partial charge in [0, 0.05) is 13.1 Å². The average molecular weight is 453 g/mol. The van der Waals surface area contributed by atoms with Crippen molar-refractivity contribution in [1.82, 2.24) is 9.88 Å². The molecule has 0 atom stereocenters. The number of rotatable bonds is 8. The first-order valence-corrected chi connectivity index (χ1v) is 10.3. The molecule has 0 aliphatic carbocycles. The molecule has 0 saturated heterocycles. The van der Waals surface area contributed by atoms with Crippen molar-refractivity contribution in [3.63, 3.8) is 0 Å². The van der Waals surface area contributed by atoms with E-state index in [1.165, 1.54) is 23.5 Å². The lowest BCUT2D eigenvalue weighted by Crippen LogP contribution is -2.38. The van der Waals surface area contributed by atoms with Gasteiger partial charge in [0.05, 0.1) is 16.3 Å². The summed E-state index contributed by atoms with van der Waals surface area (Å²) in [6.07, 6.45) is 0. The second-order valence-corrected chi connectivity index (χ2v) is 7.74. The summed E-state index contributed by atoms with van der Waals surface area (Å²) >= 11 is 1.43. The fourth-order valence-corrected chi connectivity index (χ4v) is 4.12. The summed E-state index contributed by atoms with van der Waals surface area (Å²) in [5.41, 5.74) is 3.09. The minimum Gasteiger partial charge on any atom is -0.395 e. The van der Waals surface area contributed by atoms with Gasteiger partial charge >= 0.3 is 5.88 Å². The van der Waals surface area contributed by atoms with Gasteiger partial charge in [0.25, 0.3) is 5.91 Å². The van der Waals surface area contributed by atoms with E-state index in [1.807, 2.05) is 26.0 Å². The van der Waals surface area contributed by atoms with Gasteiger partial charge in [0.1, 0.15) is 4.92 Å². The molecule has 2 heterocycles. The highest BCUT2D eigenvalue weighted by molar-refractivity contribution is 7.22. The number of furan rings is 1. The van der Waals surface area contributed by atoms with Crippen molar-refractivity contribution in [3.05, 3.63) is 51.3 Å². The largest absolute Gasteiger partial charge is 0.433 e. The average Bonchev–Trinajstić information content (AvgIpc) is 3.36. The van der Waals surface area contributed by atoms with Crippen molar-refractivity contribution in [2.75, 3.05) is 31.1 Å². The molecule has 1 amide bonds. The maximum absolute atomic E-state index is 13.2. The second-order valence-electron chi connectivity index (χ2n) is 6.73. The normalized spacial score (nSPS) is 11.0. The summed E-state index contributed by atoms with van der Waals surface area (Å²) < 4.78 is 6.15. The molecule has 0 spiro atoms. The molecule has 0 fully saturated rings. The molecular weight excluding hydrogens is 428 g/mol. The highest BCUT2D eigenvalue weighted by atomic mass is 35.5. The topological polar surface area (TPSA) is 92.7 Å². The van der Waals surface area contributed by atoms with Crippen LogP contribution in [0.4, 0.5) is 11.0 Å². The molecule has 10 heteroatoms. The molecule has 30 heavy (non-hydrogen) atoms. The third-order valence-corrected chi connectivity index (χ3v) is 6.11. The number of nitrogens with zero attached hydrogens (tertiary/aromatic N) is 4. The summed E-state index contributed by atoms with van der Waals surface area (Å²) in [4.78, 5) is 31.9. The minimum atomic E-state index is -0.652. The fraction of sp³-hybridized carbons (Fsp3) is 0.400. The van der Waals surface area contributed by atoms with E-state index in [4.69, 9.17) is 9.40 Å². The van der Waals surface area contributed by atoms with Crippen LogP contribution in [-0.4, -0.2) is 46.9 Å². The van der Waals surface area contributed by atoms with Gasteiger partial charge in [-0.15, -0.1) is 12.4 Å². The number of anilines is 1. The van der Waals surface area contributed by atoms with Crippen molar-refractivity contribution in [1.29, 1.82) is 0 Å². The van der Waals surface area contributed by atoms with Crippen molar-refractivity contribution < 1.29 is 14.1 Å². The Morgan fingerprint density at radius 1 is 1.17 bits per heavy atom. The number of hydrogen-bond acceptors (Lipinski definition) is 7. The fourth-order valence-electron chi connectivity index (χ4n) is 3.07. The highest BCUT2D eigenvalue weighted by Gasteiger charge is 2.26. The van der Waals surface area contributed by atoms with E-state index in [0.717, 1.165) is 34.4 Å². The third kappa shape index (κ3) is 4.80. The monoisotopic (exact) mass is 452 g/mol. The lowest BCUT2D eigenvalue weighted by Gasteiger charge is -2.24. The number of aromatic nitrogens is 1. The molecule has 0 bridgehead atoms. The Hall–Kier alpha value is -2.49. The van der Waals surface area contributed by atoms with E-state index in [-0.39, 0.29) is 18.2 Å². The smallest absolute Gasteiger partial charge is 0.395 e. The lowest BCUT2D eigenvalue weighted by atomic mass is 10.1. The first-order chi connectivity index (χ1) is 13.8. The van der Waals surface area contributed by atoms with E-state index in [1.54, 1.807) is 4.90 Å². The van der Waals surface area contributed by atoms with Gasteiger partial charge < -0.3 is 9.32 Å². The van der Waals surface area contributed by atoms with Crippen LogP contribution in [0.15, 0.2) is 28.7 Å². The van der Waals surface area contributed by atoms with Crippen LogP contribution in [0.5, 0.6) is 0 Å². The molecule has 0 unspecified atom stereocenters. The minimum absolute atomic E-state index is 0. The number of fused-ring (bicyclic) bond motifs is 1. The maximum atomic E-state index is 13.2. The summed E-state index contributed by atoms with van der Waals surface area (Å²) in [5, 5.41) is 11.5. The first kappa shape index (κ1) is 23.8. The summed E-state index contributed by atoms with van der Waals surface area (Å²) in [6, 6.07) is 6.58. The molecule has 0 aliphatic heterocycles. The van der Waals surface area contributed by atoms with Crippen LogP contribution in [0.1, 0.15) is 35.5 Å². The van der Waals surface area contributed by atoms with Gasteiger partial charge in [-0.05, 0) is 50.2 Å². The summed E-state index contributed by atoms with van der Waals surface area (Å²) in [5.74, 6) is -0.949. The number of amides is 1. The van der Waals surface area contributed by atoms with Gasteiger partial charge in [-0.25, -0.2) is 4.98 Å². The molecule has 3 aromatic rings. The number of aryl methyl sites for hydroxylation is 2. The van der Waals surface area contributed by atoms with Crippen LogP contribution in [-0.2, 0) is 0 Å². The van der Waals surface area contributed by atoms with E-state index in [9.17, 15) is 14.9 Å². The standard InChI is InChI=1S/C20H24N4O4S.ClH/c1-5-22(6-2)11-12-23(19(25)15-8-10-17(28-15)24(26)27)20-21-18-14(4)13(3)7-9-16(18)29-20;/h7-10H,5-6,11-12H2,1-4H3;1H. The highest BCUT2D eigenvalue weighted by Crippen LogP contribution is 2.33. The van der Waals surface area contributed by atoms with Gasteiger partial charge in [-0.3, -0.25) is 19.8 Å². The van der Waals surface area contributed by atoms with Crippen molar-refractivity contribution >= 4 is 50.9 Å². The van der Waals surface area contributed by atoms with E-state index < -0.39 is 16.7 Å². The van der Waals surface area contributed by atoms with Crippen LogP contribution in [0.25, 0.3) is 10.2 Å². The molecule has 2 aromatic heterocycles. The Balaban J connectivity index is 0.00000320. The molecule has 0 saturated carbocycles. The van der Waals surface area contributed by atoms with Gasteiger partial charge in [0.15, 0.2) is 10.9 Å². The predicted octanol–water partition coefficient (Wildman–Crippen LogP) is 4.82. The summed E-state index contributed by atoms with van der Waals surface area (Å²) in [7, 11) is 0. The van der Waals surface area contributed by atoms with Crippen LogP contribution < -0.4 is 4.90 Å². The molecule has 0 radical (unpaired) electrons. The van der Waals surface area contributed by atoms with Crippen molar-refractivity contribution in [2.45, 2.75) is 27.7 Å². The van der Waals surface area contributed by atoms with Gasteiger partial charge in [-0.1, -0.05) is 31.3 Å². The number of benzene rings is 1. The Morgan fingerprint density at radius 3 is 2.47 bits per heavy atom.